The lowest BCUT2D eigenvalue weighted by atomic mass is 10.3. The van der Waals surface area contributed by atoms with Gasteiger partial charge >= 0.3 is 0 Å². The topological polar surface area (TPSA) is 21.6 Å². The smallest absolute Gasteiger partial charge is 0.181 e. The fraction of sp³-hybridized carbons (Fsp3) is 0.222. The number of para-hydroxylation sites is 1. The molecule has 0 atom stereocenters. The molecule has 0 radical (unpaired) electrons. The third kappa shape index (κ3) is 2.34. The second kappa shape index (κ2) is 4.70. The number of thiocarbonyl (C=S) groups is 1. The summed E-state index contributed by atoms with van der Waals surface area (Å²) in [5, 5.41) is 2.17. The zero-order valence-electron chi connectivity index (χ0n) is 7.08. The average molecular weight is 197 g/mol. The normalized spacial score (nSPS) is 9.08. The predicted molar refractivity (Wildman–Crippen MR) is 52.3 cm³/mol. The van der Waals surface area contributed by atoms with E-state index in [0.717, 1.165) is 0 Å². The van der Waals surface area contributed by atoms with Crippen LogP contribution in [0.4, 0.5) is 10.1 Å². The van der Waals surface area contributed by atoms with Crippen LogP contribution in [-0.2, 0) is 0 Å². The maximum atomic E-state index is 13.1. The van der Waals surface area contributed by atoms with Gasteiger partial charge in [-0.3, -0.25) is 0 Å². The average Bonchev–Trinajstić information content (AvgIpc) is 2.11. The maximum Gasteiger partial charge on any atom is 0.181 e. The first-order chi connectivity index (χ1) is 6.29. The van der Waals surface area contributed by atoms with Gasteiger partial charge in [0.2, 0.25) is 0 Å². The molecule has 0 spiro atoms. The second-order valence-electron chi connectivity index (χ2n) is 2.22. The third-order valence-electron chi connectivity index (χ3n) is 1.40. The van der Waals surface area contributed by atoms with Gasteiger partial charge in [0.1, 0.15) is 5.69 Å². The van der Waals surface area contributed by atoms with Gasteiger partial charge in [-0.2, -0.15) is 4.99 Å². The molecule has 0 amide bonds. The Kier molecular flexibility index (Phi) is 3.55. The molecule has 0 N–H and O–H groups in total. The van der Waals surface area contributed by atoms with Crippen LogP contribution in [0.5, 0.6) is 5.75 Å². The number of hydrogen-bond acceptors (Lipinski definition) is 3. The van der Waals surface area contributed by atoms with E-state index in [0.29, 0.717) is 12.3 Å². The van der Waals surface area contributed by atoms with Crippen molar-refractivity contribution in [2.24, 2.45) is 4.99 Å². The minimum Gasteiger partial charge on any atom is -0.489 e. The Hall–Kier alpha value is -1.25. The quantitative estimate of drug-likeness (QED) is 0.549. The van der Waals surface area contributed by atoms with Crippen molar-refractivity contribution >= 4 is 23.1 Å². The molecule has 0 fully saturated rings. The lowest BCUT2D eigenvalue weighted by Crippen LogP contribution is -1.94. The van der Waals surface area contributed by atoms with E-state index in [1.54, 1.807) is 19.1 Å². The monoisotopic (exact) mass is 197 g/mol. The van der Waals surface area contributed by atoms with E-state index in [4.69, 9.17) is 4.74 Å². The highest BCUT2D eigenvalue weighted by Crippen LogP contribution is 2.29. The zero-order valence-corrected chi connectivity index (χ0v) is 7.90. The molecule has 68 valence electrons. The van der Waals surface area contributed by atoms with E-state index in [9.17, 15) is 4.39 Å². The zero-order chi connectivity index (χ0) is 9.68. The minimum atomic E-state index is -0.437. The Morgan fingerprint density at radius 1 is 1.62 bits per heavy atom. The van der Waals surface area contributed by atoms with Gasteiger partial charge in [-0.15, -0.1) is 0 Å². The van der Waals surface area contributed by atoms with Crippen LogP contribution in [0.2, 0.25) is 0 Å². The van der Waals surface area contributed by atoms with Crippen LogP contribution in [0.15, 0.2) is 23.2 Å². The number of benzene rings is 1. The summed E-state index contributed by atoms with van der Waals surface area (Å²) in [5.74, 6) is -0.310. The van der Waals surface area contributed by atoms with Crippen LogP contribution >= 0.6 is 12.2 Å². The number of isothiocyanates is 1. The Morgan fingerprint density at radius 2 is 2.38 bits per heavy atom. The van der Waals surface area contributed by atoms with E-state index >= 15 is 0 Å². The molecule has 1 aromatic carbocycles. The van der Waals surface area contributed by atoms with Crippen molar-refractivity contribution in [1.29, 1.82) is 0 Å². The number of halogens is 1. The van der Waals surface area contributed by atoms with E-state index < -0.39 is 5.82 Å². The van der Waals surface area contributed by atoms with Crippen LogP contribution in [0.25, 0.3) is 0 Å². The first kappa shape index (κ1) is 9.84. The molecule has 0 aliphatic heterocycles. The van der Waals surface area contributed by atoms with Crippen LogP contribution in [0.3, 0.4) is 0 Å². The summed E-state index contributed by atoms with van der Waals surface area (Å²) in [4.78, 5) is 3.69. The minimum absolute atomic E-state index is 0.127. The summed E-state index contributed by atoms with van der Waals surface area (Å²) >= 11 is 4.43. The molecule has 1 aromatic rings. The number of ether oxygens (including phenoxy) is 1. The Balaban J connectivity index is 3.16. The highest BCUT2D eigenvalue weighted by molar-refractivity contribution is 7.78. The van der Waals surface area contributed by atoms with E-state index in [1.807, 2.05) is 0 Å². The number of aliphatic imine (C=N–C) groups is 1. The summed E-state index contributed by atoms with van der Waals surface area (Å²) in [5.41, 5.74) is 0.372. The Morgan fingerprint density at radius 3 is 3.00 bits per heavy atom. The third-order valence-corrected chi connectivity index (χ3v) is 1.49. The number of nitrogens with zero attached hydrogens (tertiary/aromatic N) is 1. The molecule has 0 aliphatic rings. The van der Waals surface area contributed by atoms with Crippen LogP contribution in [0, 0.1) is 5.82 Å². The van der Waals surface area contributed by atoms with Crippen LogP contribution in [-0.4, -0.2) is 11.8 Å². The van der Waals surface area contributed by atoms with Gasteiger partial charge in [-0.25, -0.2) is 4.39 Å². The molecular formula is C9H8FNOS. The van der Waals surface area contributed by atoms with Gasteiger partial charge in [0.15, 0.2) is 11.6 Å². The maximum absolute atomic E-state index is 13.1. The number of rotatable bonds is 3. The van der Waals surface area contributed by atoms with Crippen molar-refractivity contribution in [1.82, 2.24) is 0 Å². The first-order valence-electron chi connectivity index (χ1n) is 3.78. The summed E-state index contributed by atoms with van der Waals surface area (Å²) in [6.45, 7) is 2.16. The van der Waals surface area contributed by atoms with Crippen molar-refractivity contribution < 1.29 is 9.13 Å². The molecule has 0 bridgehead atoms. The van der Waals surface area contributed by atoms with E-state index in [2.05, 4.69) is 22.4 Å². The lowest BCUT2D eigenvalue weighted by Gasteiger charge is -2.05. The van der Waals surface area contributed by atoms with Gasteiger partial charge < -0.3 is 4.74 Å². The molecule has 1 rings (SSSR count). The van der Waals surface area contributed by atoms with Crippen LogP contribution in [0.1, 0.15) is 6.92 Å². The molecule has 2 nitrogen and oxygen atoms in total. The Bertz CT molecular complexity index is 347. The van der Waals surface area contributed by atoms with Crippen LogP contribution < -0.4 is 4.74 Å². The SMILES string of the molecule is CCOc1c(F)cccc1N=C=S. The van der Waals surface area contributed by atoms with Crippen molar-refractivity contribution in [3.05, 3.63) is 24.0 Å². The molecule has 0 aliphatic carbocycles. The lowest BCUT2D eigenvalue weighted by molar-refractivity contribution is 0.323. The van der Waals surface area contributed by atoms with Gasteiger partial charge in [-0.05, 0) is 31.3 Å². The largest absolute Gasteiger partial charge is 0.489 e. The molecule has 0 heterocycles. The predicted octanol–water partition coefficient (Wildman–Crippen LogP) is 2.96. The van der Waals surface area contributed by atoms with Crippen molar-refractivity contribution in [3.63, 3.8) is 0 Å². The molecule has 0 unspecified atom stereocenters. The van der Waals surface area contributed by atoms with Crippen molar-refractivity contribution in [2.45, 2.75) is 6.92 Å². The second-order valence-corrected chi connectivity index (χ2v) is 2.41. The summed E-state index contributed by atoms with van der Waals surface area (Å²) in [7, 11) is 0. The summed E-state index contributed by atoms with van der Waals surface area (Å²) in [6.07, 6.45) is 0. The standard InChI is InChI=1S/C9H8FNOS/c1-2-12-9-7(10)4-3-5-8(9)11-6-13/h3-5H,2H2,1H3. The highest BCUT2D eigenvalue weighted by atomic mass is 32.1. The summed E-state index contributed by atoms with van der Waals surface area (Å²) in [6, 6.07) is 4.48. The highest BCUT2D eigenvalue weighted by Gasteiger charge is 2.07. The van der Waals surface area contributed by atoms with E-state index in [1.165, 1.54) is 6.07 Å². The Labute approximate surface area is 81.1 Å². The first-order valence-corrected chi connectivity index (χ1v) is 4.19. The van der Waals surface area contributed by atoms with E-state index in [-0.39, 0.29) is 5.75 Å². The van der Waals surface area contributed by atoms with Gasteiger partial charge in [-0.1, -0.05) is 6.07 Å². The van der Waals surface area contributed by atoms with Gasteiger partial charge in [0, 0.05) is 0 Å². The molecule has 13 heavy (non-hydrogen) atoms. The molecule has 0 saturated heterocycles. The van der Waals surface area contributed by atoms with Gasteiger partial charge in [0.05, 0.1) is 11.8 Å². The van der Waals surface area contributed by atoms with Crippen molar-refractivity contribution in [3.8, 4) is 5.75 Å². The summed E-state index contributed by atoms with van der Waals surface area (Å²) < 4.78 is 18.2. The van der Waals surface area contributed by atoms with Crippen molar-refractivity contribution in [2.75, 3.05) is 6.61 Å². The fourth-order valence-corrected chi connectivity index (χ4v) is 1.02. The molecule has 4 heteroatoms. The molecule has 0 saturated carbocycles. The number of hydrogen-bond donors (Lipinski definition) is 0. The molecule has 0 aromatic heterocycles. The molecular weight excluding hydrogens is 189 g/mol. The fourth-order valence-electron chi connectivity index (χ4n) is 0.922. The van der Waals surface area contributed by atoms with Gasteiger partial charge in [0.25, 0.3) is 0 Å².